The summed E-state index contributed by atoms with van der Waals surface area (Å²) in [6, 6.07) is 0. The summed E-state index contributed by atoms with van der Waals surface area (Å²) in [5, 5.41) is 19.8. The number of carbonyl (C=O) groups is 1. The van der Waals surface area contributed by atoms with Gasteiger partial charge >= 0.3 is 5.97 Å². The number of nitrogens with zero attached hydrogens (tertiary/aromatic N) is 1. The van der Waals surface area contributed by atoms with Gasteiger partial charge in [0.25, 0.3) is 0 Å². The molecule has 5 nitrogen and oxygen atoms in total. The van der Waals surface area contributed by atoms with Crippen molar-refractivity contribution in [3.05, 3.63) is 21.8 Å². The molecule has 0 spiro atoms. The molecule has 0 heterocycles. The first-order valence-corrected chi connectivity index (χ1v) is 6.38. The van der Waals surface area contributed by atoms with Crippen LogP contribution in [0.1, 0.15) is 33.1 Å². The number of allylic oxidation sites excluding steroid dienone is 2. The summed E-state index contributed by atoms with van der Waals surface area (Å²) in [7, 11) is 0. The highest BCUT2D eigenvalue weighted by Crippen LogP contribution is 2.60. The Morgan fingerprint density at radius 3 is 2.83 bits per heavy atom. The van der Waals surface area contributed by atoms with Crippen LogP contribution in [-0.4, -0.2) is 22.5 Å². The van der Waals surface area contributed by atoms with Gasteiger partial charge in [0, 0.05) is 4.92 Å². The van der Waals surface area contributed by atoms with Crippen LogP contribution in [0, 0.1) is 33.3 Å². The molecule has 5 heteroatoms. The number of fused-ring (bicyclic) bond motifs is 1. The number of carboxylic acids is 1. The molecule has 0 aromatic rings. The van der Waals surface area contributed by atoms with Gasteiger partial charge in [-0.05, 0) is 30.6 Å². The highest BCUT2D eigenvalue weighted by atomic mass is 16.6. The van der Waals surface area contributed by atoms with Crippen LogP contribution in [-0.2, 0) is 4.79 Å². The second-order valence-corrected chi connectivity index (χ2v) is 6.01. The van der Waals surface area contributed by atoms with E-state index in [9.17, 15) is 14.9 Å². The maximum atomic E-state index is 10.9. The molecule has 2 rings (SSSR count). The Morgan fingerprint density at radius 2 is 2.33 bits per heavy atom. The Morgan fingerprint density at radius 1 is 1.67 bits per heavy atom. The number of nitro groups is 1. The average Bonchev–Trinajstić information content (AvgIpc) is 2.54. The summed E-state index contributed by atoms with van der Waals surface area (Å²) in [4.78, 5) is 21.4. The molecule has 0 bridgehead atoms. The molecule has 0 aromatic carbocycles. The highest BCUT2D eigenvalue weighted by Gasteiger charge is 2.58. The fourth-order valence-corrected chi connectivity index (χ4v) is 3.64. The van der Waals surface area contributed by atoms with E-state index in [1.807, 2.05) is 0 Å². The van der Waals surface area contributed by atoms with Gasteiger partial charge in [0.05, 0.1) is 11.8 Å². The number of hydrogen-bond donors (Lipinski definition) is 1. The average molecular weight is 253 g/mol. The van der Waals surface area contributed by atoms with Gasteiger partial charge < -0.3 is 5.11 Å². The van der Waals surface area contributed by atoms with Crippen molar-refractivity contribution in [2.75, 3.05) is 6.54 Å². The fraction of sp³-hybridized carbons (Fsp3) is 0.769. The van der Waals surface area contributed by atoms with Crippen molar-refractivity contribution in [3.8, 4) is 0 Å². The molecule has 0 aromatic heterocycles. The Bertz CT molecular complexity index is 397. The third kappa shape index (κ3) is 2.13. The van der Waals surface area contributed by atoms with Crippen molar-refractivity contribution >= 4 is 5.97 Å². The molecule has 1 N–H and O–H groups in total. The van der Waals surface area contributed by atoms with Gasteiger partial charge in [-0.25, -0.2) is 0 Å². The lowest BCUT2D eigenvalue weighted by Gasteiger charge is -2.48. The minimum atomic E-state index is -0.929. The summed E-state index contributed by atoms with van der Waals surface area (Å²) in [6.45, 7) is 4.01. The quantitative estimate of drug-likeness (QED) is 0.463. The van der Waals surface area contributed by atoms with Crippen molar-refractivity contribution in [1.82, 2.24) is 0 Å². The highest BCUT2D eigenvalue weighted by molar-refractivity contribution is 5.68. The smallest absolute Gasteiger partial charge is 0.304 e. The Hall–Kier alpha value is -1.39. The number of rotatable bonds is 5. The zero-order valence-corrected chi connectivity index (χ0v) is 10.8. The van der Waals surface area contributed by atoms with Crippen molar-refractivity contribution in [1.29, 1.82) is 0 Å². The number of aliphatic carboxylic acids is 1. The van der Waals surface area contributed by atoms with Crippen LogP contribution in [0.4, 0.5) is 0 Å². The molecule has 100 valence electrons. The number of hydrogen-bond acceptors (Lipinski definition) is 3. The van der Waals surface area contributed by atoms with Gasteiger partial charge in [0.1, 0.15) is 0 Å². The molecule has 2 aliphatic carbocycles. The van der Waals surface area contributed by atoms with Crippen LogP contribution < -0.4 is 0 Å². The molecule has 0 aliphatic heterocycles. The standard InChI is InChI=1S/C13H19NO4/c1-8(2)9-3-10-5-13(6-12(15)16,7-14(17)18)11(10)4-9/h4,8,10-11H,3,5-7H2,1-2H3,(H,15,16)/t10-,11+,13+/m1/s1. The predicted molar refractivity (Wildman–Crippen MR) is 65.7 cm³/mol. The first-order valence-electron chi connectivity index (χ1n) is 6.38. The first kappa shape index (κ1) is 13.1. The summed E-state index contributed by atoms with van der Waals surface area (Å²) >= 11 is 0. The van der Waals surface area contributed by atoms with E-state index in [1.165, 1.54) is 5.57 Å². The summed E-state index contributed by atoms with van der Waals surface area (Å²) in [5.74, 6) is 0.0496. The number of carboxylic acid groups (broad SMARTS) is 1. The second-order valence-electron chi connectivity index (χ2n) is 6.01. The summed E-state index contributed by atoms with van der Waals surface area (Å²) < 4.78 is 0. The van der Waals surface area contributed by atoms with Crippen LogP contribution in [0.2, 0.25) is 0 Å². The first-order chi connectivity index (χ1) is 8.34. The van der Waals surface area contributed by atoms with Gasteiger partial charge in [-0.15, -0.1) is 0 Å². The van der Waals surface area contributed by atoms with E-state index in [4.69, 9.17) is 5.11 Å². The molecular weight excluding hydrogens is 234 g/mol. The zero-order valence-electron chi connectivity index (χ0n) is 10.8. The molecule has 0 saturated heterocycles. The maximum Gasteiger partial charge on any atom is 0.304 e. The predicted octanol–water partition coefficient (Wildman–Crippen LogP) is 2.35. The molecule has 0 radical (unpaired) electrons. The molecule has 18 heavy (non-hydrogen) atoms. The maximum absolute atomic E-state index is 10.9. The summed E-state index contributed by atoms with van der Waals surface area (Å²) in [5.41, 5.74) is 0.692. The van der Waals surface area contributed by atoms with E-state index in [-0.39, 0.29) is 23.8 Å². The fourth-order valence-electron chi connectivity index (χ4n) is 3.64. The van der Waals surface area contributed by atoms with Gasteiger partial charge in [0.2, 0.25) is 6.54 Å². The molecule has 1 fully saturated rings. The lowest BCUT2D eigenvalue weighted by atomic mass is 9.53. The van der Waals surface area contributed by atoms with Crippen LogP contribution in [0.25, 0.3) is 0 Å². The third-order valence-corrected chi connectivity index (χ3v) is 4.46. The summed E-state index contributed by atoms with van der Waals surface area (Å²) in [6.07, 6.45) is 3.70. The van der Waals surface area contributed by atoms with Crippen LogP contribution in [0.5, 0.6) is 0 Å². The van der Waals surface area contributed by atoms with E-state index >= 15 is 0 Å². The third-order valence-electron chi connectivity index (χ3n) is 4.46. The topological polar surface area (TPSA) is 80.4 Å². The molecule has 3 atom stereocenters. The van der Waals surface area contributed by atoms with Crippen LogP contribution in [0.15, 0.2) is 11.6 Å². The Kier molecular flexibility index (Phi) is 3.17. The molecule has 2 aliphatic rings. The minimum absolute atomic E-state index is 0.0863. The minimum Gasteiger partial charge on any atom is -0.481 e. The Labute approximate surface area is 106 Å². The zero-order chi connectivity index (χ0) is 13.5. The van der Waals surface area contributed by atoms with Crippen molar-refractivity contribution in [3.63, 3.8) is 0 Å². The van der Waals surface area contributed by atoms with Gasteiger partial charge in [-0.2, -0.15) is 0 Å². The molecule has 0 unspecified atom stereocenters. The largest absolute Gasteiger partial charge is 0.481 e. The van der Waals surface area contributed by atoms with Crippen molar-refractivity contribution < 1.29 is 14.8 Å². The lowest BCUT2D eigenvalue weighted by molar-refractivity contribution is -0.505. The normalized spacial score (nSPS) is 33.8. The SMILES string of the molecule is CC(C)C1=C[C@H]2[C@H](C1)C[C@]2(CC(=O)O)C[N+](=O)[O-]. The second kappa shape index (κ2) is 4.37. The lowest BCUT2D eigenvalue weighted by Crippen LogP contribution is -2.50. The van der Waals surface area contributed by atoms with E-state index < -0.39 is 11.4 Å². The molecular formula is C13H19NO4. The molecule has 0 amide bonds. The Balaban J connectivity index is 2.19. The van der Waals surface area contributed by atoms with Gasteiger partial charge in [-0.3, -0.25) is 14.9 Å². The van der Waals surface area contributed by atoms with E-state index in [0.717, 1.165) is 6.42 Å². The van der Waals surface area contributed by atoms with Crippen LogP contribution in [0.3, 0.4) is 0 Å². The van der Waals surface area contributed by atoms with Crippen molar-refractivity contribution in [2.45, 2.75) is 33.1 Å². The monoisotopic (exact) mass is 253 g/mol. The van der Waals surface area contributed by atoms with E-state index in [0.29, 0.717) is 18.3 Å². The van der Waals surface area contributed by atoms with Crippen molar-refractivity contribution in [2.24, 2.45) is 23.2 Å². The molecule has 1 saturated carbocycles. The van der Waals surface area contributed by atoms with E-state index in [2.05, 4.69) is 19.9 Å². The van der Waals surface area contributed by atoms with Gasteiger partial charge in [0.15, 0.2) is 0 Å². The van der Waals surface area contributed by atoms with Gasteiger partial charge in [-0.1, -0.05) is 25.5 Å². The van der Waals surface area contributed by atoms with E-state index in [1.54, 1.807) is 0 Å². The van der Waals surface area contributed by atoms with Crippen LogP contribution >= 0.6 is 0 Å².